The number of ether oxygens (including phenoxy) is 1. The lowest BCUT2D eigenvalue weighted by Gasteiger charge is -2.25. The Kier molecular flexibility index (Phi) is 10.1. The molecule has 1 saturated heterocycles. The van der Waals surface area contributed by atoms with Crippen LogP contribution in [0.3, 0.4) is 0 Å². The van der Waals surface area contributed by atoms with Gasteiger partial charge < -0.3 is 25.8 Å². The molecule has 1 aliphatic heterocycles. The first-order valence-corrected chi connectivity index (χ1v) is 13.0. The fourth-order valence-electron chi connectivity index (χ4n) is 4.60. The lowest BCUT2D eigenvalue weighted by atomic mass is 10.0. The molecule has 2 amide bonds. The SMILES string of the molecule is CC(C)[C@@H](Oc1ccc(CNC(=O)[C@@H]2CCCN2C(=O)CC([NH3+])Cc2cc(C(F)(F)F)ccc2F)cc1)C(=O)O. The van der Waals surface area contributed by atoms with Crippen LogP contribution in [-0.2, 0) is 33.5 Å². The van der Waals surface area contributed by atoms with Gasteiger partial charge in [0.05, 0.1) is 18.0 Å². The maximum Gasteiger partial charge on any atom is 0.416 e. The van der Waals surface area contributed by atoms with Gasteiger partial charge in [0.15, 0.2) is 6.10 Å². The number of hydrogen-bond acceptors (Lipinski definition) is 4. The lowest BCUT2D eigenvalue weighted by molar-refractivity contribution is -0.418. The van der Waals surface area contributed by atoms with Crippen molar-refractivity contribution in [3.63, 3.8) is 0 Å². The van der Waals surface area contributed by atoms with Crippen LogP contribution in [0.25, 0.3) is 0 Å². The molecule has 0 spiro atoms. The molecule has 12 heteroatoms. The van der Waals surface area contributed by atoms with E-state index in [4.69, 9.17) is 4.74 Å². The van der Waals surface area contributed by atoms with E-state index in [1.165, 1.54) is 4.90 Å². The summed E-state index contributed by atoms with van der Waals surface area (Å²) in [7, 11) is 0. The molecule has 8 nitrogen and oxygen atoms in total. The lowest BCUT2D eigenvalue weighted by Crippen LogP contribution is -2.63. The average molecular weight is 569 g/mol. The minimum Gasteiger partial charge on any atom is -0.478 e. The topological polar surface area (TPSA) is 124 Å². The molecule has 0 aliphatic carbocycles. The molecule has 1 aliphatic rings. The molecular weight excluding hydrogens is 534 g/mol. The van der Waals surface area contributed by atoms with Gasteiger partial charge in [-0.2, -0.15) is 13.2 Å². The van der Waals surface area contributed by atoms with E-state index in [-0.39, 0.29) is 42.7 Å². The van der Waals surface area contributed by atoms with Crippen molar-refractivity contribution in [3.8, 4) is 5.75 Å². The molecule has 0 saturated carbocycles. The monoisotopic (exact) mass is 568 g/mol. The van der Waals surface area contributed by atoms with Crippen molar-refractivity contribution in [2.45, 2.75) is 70.4 Å². The summed E-state index contributed by atoms with van der Waals surface area (Å²) in [6, 6.07) is 7.41. The van der Waals surface area contributed by atoms with Crippen LogP contribution < -0.4 is 15.8 Å². The first-order chi connectivity index (χ1) is 18.8. The first-order valence-electron chi connectivity index (χ1n) is 13.0. The Morgan fingerprint density at radius 1 is 1.15 bits per heavy atom. The summed E-state index contributed by atoms with van der Waals surface area (Å²) in [6.07, 6.45) is -4.83. The van der Waals surface area contributed by atoms with E-state index in [0.717, 1.165) is 17.7 Å². The molecule has 40 heavy (non-hydrogen) atoms. The highest BCUT2D eigenvalue weighted by Gasteiger charge is 2.35. The van der Waals surface area contributed by atoms with Crippen LogP contribution in [0.1, 0.15) is 49.8 Å². The summed E-state index contributed by atoms with van der Waals surface area (Å²) in [4.78, 5) is 38.6. The molecule has 1 heterocycles. The van der Waals surface area contributed by atoms with Crippen molar-refractivity contribution in [1.82, 2.24) is 10.2 Å². The molecule has 1 fully saturated rings. The van der Waals surface area contributed by atoms with Crippen molar-refractivity contribution in [3.05, 3.63) is 65.0 Å². The van der Waals surface area contributed by atoms with Gasteiger partial charge in [-0.3, -0.25) is 9.59 Å². The smallest absolute Gasteiger partial charge is 0.416 e. The summed E-state index contributed by atoms with van der Waals surface area (Å²) >= 11 is 0. The number of amides is 2. The van der Waals surface area contributed by atoms with E-state index in [9.17, 15) is 37.1 Å². The van der Waals surface area contributed by atoms with Crippen LogP contribution in [0.15, 0.2) is 42.5 Å². The van der Waals surface area contributed by atoms with Gasteiger partial charge in [-0.1, -0.05) is 26.0 Å². The van der Waals surface area contributed by atoms with Crippen molar-refractivity contribution >= 4 is 17.8 Å². The molecular formula is C28H34F4N3O5+. The van der Waals surface area contributed by atoms with Gasteiger partial charge in [-0.05, 0) is 54.3 Å². The summed E-state index contributed by atoms with van der Waals surface area (Å²) in [6.45, 7) is 4.02. The highest BCUT2D eigenvalue weighted by Crippen LogP contribution is 2.30. The number of benzene rings is 2. The second-order valence-electron chi connectivity index (χ2n) is 10.3. The van der Waals surface area contributed by atoms with Crippen molar-refractivity contribution < 1.29 is 47.5 Å². The third-order valence-electron chi connectivity index (χ3n) is 6.72. The van der Waals surface area contributed by atoms with Crippen LogP contribution in [0.5, 0.6) is 5.75 Å². The van der Waals surface area contributed by atoms with Crippen molar-refractivity contribution in [1.29, 1.82) is 0 Å². The highest BCUT2D eigenvalue weighted by molar-refractivity contribution is 5.88. The van der Waals surface area contributed by atoms with Crippen LogP contribution in [0.4, 0.5) is 17.6 Å². The van der Waals surface area contributed by atoms with Gasteiger partial charge in [0, 0.05) is 25.4 Å². The molecule has 1 unspecified atom stereocenters. The predicted octanol–water partition coefficient (Wildman–Crippen LogP) is 3.18. The molecule has 3 rings (SSSR count). The Morgan fingerprint density at radius 2 is 1.82 bits per heavy atom. The number of alkyl halides is 3. The van der Waals surface area contributed by atoms with E-state index < -0.39 is 41.7 Å². The van der Waals surface area contributed by atoms with E-state index in [0.29, 0.717) is 31.2 Å². The molecule has 0 radical (unpaired) electrons. The van der Waals surface area contributed by atoms with Gasteiger partial charge in [0.1, 0.15) is 17.6 Å². The average Bonchev–Trinajstić information content (AvgIpc) is 3.37. The maximum atomic E-state index is 14.1. The number of carbonyl (C=O) groups excluding carboxylic acids is 2. The number of carboxylic acids is 1. The molecule has 218 valence electrons. The zero-order valence-electron chi connectivity index (χ0n) is 22.3. The van der Waals surface area contributed by atoms with Gasteiger partial charge in [-0.25, -0.2) is 9.18 Å². The number of carbonyl (C=O) groups is 3. The zero-order valence-corrected chi connectivity index (χ0v) is 22.3. The molecule has 2 aromatic carbocycles. The molecule has 0 aromatic heterocycles. The third-order valence-corrected chi connectivity index (χ3v) is 6.72. The Bertz CT molecular complexity index is 1200. The van der Waals surface area contributed by atoms with Crippen LogP contribution >= 0.6 is 0 Å². The number of nitrogens with zero attached hydrogens (tertiary/aromatic N) is 1. The summed E-state index contributed by atoms with van der Waals surface area (Å²) in [5, 5.41) is 12.1. The van der Waals surface area contributed by atoms with Gasteiger partial charge >= 0.3 is 12.1 Å². The number of nitrogens with one attached hydrogen (secondary N) is 1. The predicted molar refractivity (Wildman–Crippen MR) is 136 cm³/mol. The summed E-state index contributed by atoms with van der Waals surface area (Å²) in [5.41, 5.74) is 3.43. The number of halogens is 4. The Labute approximate surface area is 229 Å². The van der Waals surface area contributed by atoms with E-state index >= 15 is 0 Å². The largest absolute Gasteiger partial charge is 0.478 e. The Balaban J connectivity index is 1.54. The fourth-order valence-corrected chi connectivity index (χ4v) is 4.60. The van der Waals surface area contributed by atoms with E-state index in [1.54, 1.807) is 38.1 Å². The fraction of sp³-hybridized carbons (Fsp3) is 0.464. The maximum absolute atomic E-state index is 14.1. The quantitative estimate of drug-likeness (QED) is 0.360. The number of aliphatic carboxylic acids is 1. The van der Waals surface area contributed by atoms with E-state index in [2.05, 4.69) is 11.1 Å². The number of quaternary nitrogens is 1. The number of rotatable bonds is 11. The molecule has 5 N–H and O–H groups in total. The minimum absolute atomic E-state index is 0.144. The van der Waals surface area contributed by atoms with Gasteiger partial charge in [-0.15, -0.1) is 0 Å². The Morgan fingerprint density at radius 3 is 2.42 bits per heavy atom. The minimum atomic E-state index is -4.61. The molecule has 3 atom stereocenters. The third kappa shape index (κ3) is 8.17. The van der Waals surface area contributed by atoms with Crippen molar-refractivity contribution in [2.24, 2.45) is 5.92 Å². The van der Waals surface area contributed by atoms with Crippen LogP contribution in [0, 0.1) is 11.7 Å². The molecule has 2 aromatic rings. The summed E-state index contributed by atoms with van der Waals surface area (Å²) < 4.78 is 58.6. The normalized spacial score (nSPS) is 17.0. The Hall–Kier alpha value is -3.67. The summed E-state index contributed by atoms with van der Waals surface area (Å²) in [5.74, 6) is -2.42. The van der Waals surface area contributed by atoms with Crippen LogP contribution in [0.2, 0.25) is 0 Å². The van der Waals surface area contributed by atoms with Crippen molar-refractivity contribution in [2.75, 3.05) is 6.54 Å². The number of carboxylic acid groups (broad SMARTS) is 1. The molecule has 0 bridgehead atoms. The van der Waals surface area contributed by atoms with E-state index in [1.807, 2.05) is 0 Å². The zero-order chi connectivity index (χ0) is 29.6. The standard InChI is InChI=1S/C28H33F4N3O5/c1-16(2)25(27(38)39)40-21-8-5-17(6-9-21)15-34-26(37)23-4-3-11-35(23)24(36)14-20(33)13-18-12-19(28(30,31)32)7-10-22(18)29/h5-10,12,16,20,23,25H,3-4,11,13-15,33H2,1-2H3,(H,34,37)(H,38,39)/p+1/t20?,23-,25+/m0/s1. The van der Waals surface area contributed by atoms with Crippen LogP contribution in [-0.4, -0.2) is 52.5 Å². The number of likely N-dealkylation sites (tertiary alicyclic amines) is 1. The first kappa shape index (κ1) is 30.9. The van der Waals surface area contributed by atoms with Gasteiger partial charge in [0.2, 0.25) is 11.8 Å². The highest BCUT2D eigenvalue weighted by atomic mass is 19.4. The number of hydrogen-bond donors (Lipinski definition) is 3. The second-order valence-corrected chi connectivity index (χ2v) is 10.3. The van der Waals surface area contributed by atoms with Gasteiger partial charge in [0.25, 0.3) is 0 Å². The second kappa shape index (κ2) is 13.1.